The molecule has 142 valence electrons. The number of methoxy groups -OCH3 is 1. The highest BCUT2D eigenvalue weighted by atomic mass is 32.1. The van der Waals surface area contributed by atoms with Crippen LogP contribution in [0.5, 0.6) is 0 Å². The van der Waals surface area contributed by atoms with Gasteiger partial charge in [0.1, 0.15) is 10.5 Å². The van der Waals surface area contributed by atoms with Crippen LogP contribution in [0.25, 0.3) is 21.7 Å². The summed E-state index contributed by atoms with van der Waals surface area (Å²) in [5.74, 6) is 0. The lowest BCUT2D eigenvalue weighted by Crippen LogP contribution is -2.51. The van der Waals surface area contributed by atoms with E-state index in [1.165, 1.54) is 12.8 Å². The SMILES string of the molecule is COC(C)(C)c1cc(-c2nccs2)c2oc(N3CC4CCC(C3)N4)nc2c1. The molecule has 7 heteroatoms. The molecule has 2 aromatic heterocycles. The zero-order valence-corrected chi connectivity index (χ0v) is 16.7. The number of oxazole rings is 1. The molecule has 0 amide bonds. The number of fused-ring (bicyclic) bond motifs is 3. The van der Waals surface area contributed by atoms with Crippen LogP contribution in [0.1, 0.15) is 32.3 Å². The normalized spacial score (nSPS) is 22.7. The van der Waals surface area contributed by atoms with E-state index in [2.05, 4.69) is 41.2 Å². The van der Waals surface area contributed by atoms with Crippen molar-refractivity contribution in [1.29, 1.82) is 0 Å². The molecule has 0 saturated carbocycles. The maximum Gasteiger partial charge on any atom is 0.298 e. The number of benzene rings is 1. The number of rotatable bonds is 4. The Morgan fingerprint density at radius 2 is 2.04 bits per heavy atom. The Morgan fingerprint density at radius 3 is 2.70 bits per heavy atom. The number of hydrogen-bond acceptors (Lipinski definition) is 7. The third kappa shape index (κ3) is 2.94. The van der Waals surface area contributed by atoms with Crippen molar-refractivity contribution in [1.82, 2.24) is 15.3 Å². The number of aromatic nitrogens is 2. The third-order valence-corrected chi connectivity index (χ3v) is 6.64. The molecule has 1 N–H and O–H groups in total. The second kappa shape index (κ2) is 6.29. The van der Waals surface area contributed by atoms with Crippen LogP contribution in [0, 0.1) is 0 Å². The lowest BCUT2D eigenvalue weighted by atomic mass is 9.95. The molecule has 0 radical (unpaired) electrons. The van der Waals surface area contributed by atoms with Crippen LogP contribution >= 0.6 is 11.3 Å². The van der Waals surface area contributed by atoms with Gasteiger partial charge in [0.05, 0.1) is 11.2 Å². The van der Waals surface area contributed by atoms with Gasteiger partial charge >= 0.3 is 0 Å². The first kappa shape index (κ1) is 17.2. The highest BCUT2D eigenvalue weighted by Crippen LogP contribution is 2.38. The minimum absolute atomic E-state index is 0.409. The summed E-state index contributed by atoms with van der Waals surface area (Å²) in [6.45, 7) is 6.03. The van der Waals surface area contributed by atoms with E-state index in [4.69, 9.17) is 14.1 Å². The van der Waals surface area contributed by atoms with Gasteiger partial charge in [0.2, 0.25) is 0 Å². The molecule has 1 aromatic carbocycles. The van der Waals surface area contributed by atoms with Crippen LogP contribution in [0.15, 0.2) is 28.1 Å². The molecule has 6 nitrogen and oxygen atoms in total. The smallest absolute Gasteiger partial charge is 0.298 e. The molecule has 2 aliphatic heterocycles. The van der Waals surface area contributed by atoms with Crippen LogP contribution in [0.4, 0.5) is 6.01 Å². The summed E-state index contributed by atoms with van der Waals surface area (Å²) >= 11 is 1.61. The molecule has 0 aliphatic carbocycles. The average Bonchev–Trinajstić information content (AvgIpc) is 3.40. The Labute approximate surface area is 162 Å². The largest absolute Gasteiger partial charge is 0.423 e. The predicted molar refractivity (Wildman–Crippen MR) is 107 cm³/mol. The Kier molecular flexibility index (Phi) is 4.00. The van der Waals surface area contributed by atoms with Crippen LogP contribution < -0.4 is 10.2 Å². The lowest BCUT2D eigenvalue weighted by Gasteiger charge is -2.31. The van der Waals surface area contributed by atoms with Crippen molar-refractivity contribution in [2.75, 3.05) is 25.1 Å². The van der Waals surface area contributed by atoms with Gasteiger partial charge in [-0.25, -0.2) is 4.98 Å². The van der Waals surface area contributed by atoms with Crippen molar-refractivity contribution in [2.24, 2.45) is 0 Å². The van der Waals surface area contributed by atoms with Crippen LogP contribution in [-0.2, 0) is 10.3 Å². The molecule has 2 saturated heterocycles. The van der Waals surface area contributed by atoms with E-state index in [1.54, 1.807) is 18.4 Å². The zero-order chi connectivity index (χ0) is 18.6. The van der Waals surface area contributed by atoms with Gasteiger partial charge in [0.25, 0.3) is 6.01 Å². The number of thiazole rings is 1. The minimum atomic E-state index is -0.409. The summed E-state index contributed by atoms with van der Waals surface area (Å²) in [5, 5.41) is 6.59. The van der Waals surface area contributed by atoms with Gasteiger partial charge in [0.15, 0.2) is 5.58 Å². The minimum Gasteiger partial charge on any atom is -0.423 e. The Balaban J connectivity index is 1.63. The maximum absolute atomic E-state index is 6.30. The fourth-order valence-corrected chi connectivity index (χ4v) is 4.74. The molecule has 3 aromatic rings. The number of anilines is 1. The Morgan fingerprint density at radius 1 is 1.26 bits per heavy atom. The standard InChI is InChI=1S/C20H24N4O2S/c1-20(2,25-3)12-8-15(18-21-6-7-27-18)17-16(9-12)23-19(26-17)24-10-13-4-5-14(11-24)22-13/h6-9,13-14,22H,4-5,10-11H2,1-3H3. The lowest BCUT2D eigenvalue weighted by molar-refractivity contribution is 0.0193. The molecule has 27 heavy (non-hydrogen) atoms. The van der Waals surface area contributed by atoms with E-state index < -0.39 is 5.60 Å². The van der Waals surface area contributed by atoms with Gasteiger partial charge in [-0.05, 0) is 44.4 Å². The number of piperazine rings is 1. The molecule has 2 unspecified atom stereocenters. The van der Waals surface area contributed by atoms with Gasteiger partial charge < -0.3 is 19.4 Å². The zero-order valence-electron chi connectivity index (χ0n) is 15.9. The third-order valence-electron chi connectivity index (χ3n) is 5.83. The number of hydrogen-bond donors (Lipinski definition) is 1. The van der Waals surface area contributed by atoms with E-state index in [0.717, 1.165) is 40.3 Å². The second-order valence-electron chi connectivity index (χ2n) is 7.96. The average molecular weight is 385 g/mol. The molecule has 0 spiro atoms. The van der Waals surface area contributed by atoms with Gasteiger partial charge in [-0.15, -0.1) is 11.3 Å². The van der Waals surface area contributed by atoms with Crippen molar-refractivity contribution < 1.29 is 9.15 Å². The fraction of sp³-hybridized carbons (Fsp3) is 0.500. The molecule has 5 rings (SSSR count). The van der Waals surface area contributed by atoms with Crippen molar-refractivity contribution in [2.45, 2.75) is 44.4 Å². The Hall–Kier alpha value is -1.96. The van der Waals surface area contributed by atoms with Gasteiger partial charge in [-0.1, -0.05) is 0 Å². The van der Waals surface area contributed by atoms with E-state index in [1.807, 2.05) is 11.6 Å². The first-order valence-corrected chi connectivity index (χ1v) is 10.3. The van der Waals surface area contributed by atoms with Gasteiger partial charge in [-0.3, -0.25) is 0 Å². The van der Waals surface area contributed by atoms with Gasteiger partial charge in [-0.2, -0.15) is 4.98 Å². The van der Waals surface area contributed by atoms with Crippen LogP contribution in [-0.4, -0.2) is 42.3 Å². The summed E-state index contributed by atoms with van der Waals surface area (Å²) in [7, 11) is 1.73. The van der Waals surface area contributed by atoms with Crippen molar-refractivity contribution in [3.63, 3.8) is 0 Å². The van der Waals surface area contributed by atoms with E-state index in [0.29, 0.717) is 18.1 Å². The topological polar surface area (TPSA) is 63.4 Å². The summed E-state index contributed by atoms with van der Waals surface area (Å²) in [6, 6.07) is 6.01. The van der Waals surface area contributed by atoms with Gasteiger partial charge in [0, 0.05) is 43.9 Å². The van der Waals surface area contributed by atoms with Crippen LogP contribution in [0.3, 0.4) is 0 Å². The molecule has 2 bridgehead atoms. The summed E-state index contributed by atoms with van der Waals surface area (Å²) in [5.41, 5.74) is 3.32. The highest BCUT2D eigenvalue weighted by Gasteiger charge is 2.34. The Bertz CT molecular complexity index is 954. The fourth-order valence-electron chi connectivity index (χ4n) is 4.09. The molecule has 2 atom stereocenters. The number of nitrogens with one attached hydrogen (secondary N) is 1. The maximum atomic E-state index is 6.30. The van der Waals surface area contributed by atoms with Crippen LogP contribution in [0.2, 0.25) is 0 Å². The van der Waals surface area contributed by atoms with E-state index in [9.17, 15) is 0 Å². The van der Waals surface area contributed by atoms with E-state index in [-0.39, 0.29) is 0 Å². The summed E-state index contributed by atoms with van der Waals surface area (Å²) in [6.07, 6.45) is 4.29. The summed E-state index contributed by atoms with van der Waals surface area (Å²) in [4.78, 5) is 11.7. The molecule has 4 heterocycles. The predicted octanol–water partition coefficient (Wildman–Crippen LogP) is 3.77. The highest BCUT2D eigenvalue weighted by molar-refractivity contribution is 7.13. The molecular formula is C20H24N4O2S. The van der Waals surface area contributed by atoms with Crippen molar-refractivity contribution >= 4 is 28.5 Å². The second-order valence-corrected chi connectivity index (χ2v) is 8.86. The van der Waals surface area contributed by atoms with E-state index >= 15 is 0 Å². The first-order valence-electron chi connectivity index (χ1n) is 9.44. The van der Waals surface area contributed by atoms with Crippen molar-refractivity contribution in [3.8, 4) is 10.6 Å². The molecular weight excluding hydrogens is 360 g/mol. The number of ether oxygens (including phenoxy) is 1. The van der Waals surface area contributed by atoms with Crippen molar-refractivity contribution in [3.05, 3.63) is 29.3 Å². The molecule has 2 fully saturated rings. The quantitative estimate of drug-likeness (QED) is 0.739. The summed E-state index contributed by atoms with van der Waals surface area (Å²) < 4.78 is 12.0. The monoisotopic (exact) mass is 384 g/mol. The number of nitrogens with zero attached hydrogens (tertiary/aromatic N) is 3. The first-order chi connectivity index (χ1) is 13.0. The molecule has 2 aliphatic rings.